The Morgan fingerprint density at radius 1 is 1.06 bits per heavy atom. The van der Waals surface area contributed by atoms with Crippen molar-refractivity contribution < 1.29 is 29.3 Å². The van der Waals surface area contributed by atoms with Gasteiger partial charge in [0, 0.05) is 24.9 Å². The molecule has 2 atom stereocenters. The fraction of sp³-hybridized carbons (Fsp3) is 0.423. The van der Waals surface area contributed by atoms with E-state index >= 15 is 0 Å². The van der Waals surface area contributed by atoms with Gasteiger partial charge in [-0.15, -0.1) is 0 Å². The highest BCUT2D eigenvalue weighted by Gasteiger charge is 2.29. The SMILES string of the molecule is CCCC(CC(=O)NCC(C)(O)CC(=O)O)NC(=O)OCC1c2ccccc2-c2ccccc21. The van der Waals surface area contributed by atoms with Crippen molar-refractivity contribution >= 4 is 18.0 Å². The molecular formula is C26H32N2O6. The van der Waals surface area contributed by atoms with Crippen molar-refractivity contribution in [2.75, 3.05) is 13.2 Å². The first-order valence-corrected chi connectivity index (χ1v) is 11.5. The van der Waals surface area contributed by atoms with E-state index in [2.05, 4.69) is 22.8 Å². The molecule has 0 aliphatic heterocycles. The van der Waals surface area contributed by atoms with Crippen LogP contribution in [-0.2, 0) is 14.3 Å². The van der Waals surface area contributed by atoms with E-state index in [0.29, 0.717) is 6.42 Å². The fourth-order valence-electron chi connectivity index (χ4n) is 4.35. The van der Waals surface area contributed by atoms with Gasteiger partial charge in [-0.1, -0.05) is 61.9 Å². The van der Waals surface area contributed by atoms with E-state index in [1.807, 2.05) is 43.3 Å². The number of fused-ring (bicyclic) bond motifs is 3. The number of aliphatic carboxylic acids is 1. The highest BCUT2D eigenvalue weighted by atomic mass is 16.5. The van der Waals surface area contributed by atoms with Crippen LogP contribution >= 0.6 is 0 Å². The number of carbonyl (C=O) groups is 3. The number of nitrogens with one attached hydrogen (secondary N) is 2. The smallest absolute Gasteiger partial charge is 0.407 e. The van der Waals surface area contributed by atoms with E-state index in [1.165, 1.54) is 6.92 Å². The summed E-state index contributed by atoms with van der Waals surface area (Å²) in [5, 5.41) is 24.2. The first kappa shape index (κ1) is 25.2. The van der Waals surface area contributed by atoms with Crippen LogP contribution in [-0.4, -0.2) is 53.0 Å². The number of hydrogen-bond acceptors (Lipinski definition) is 5. The Balaban J connectivity index is 1.54. The Bertz CT molecular complexity index is 990. The zero-order valence-electron chi connectivity index (χ0n) is 19.5. The molecule has 1 aliphatic carbocycles. The molecule has 8 heteroatoms. The number of carboxylic acid groups (broad SMARTS) is 1. The van der Waals surface area contributed by atoms with Gasteiger partial charge in [0.1, 0.15) is 6.61 Å². The summed E-state index contributed by atoms with van der Waals surface area (Å²) in [5.41, 5.74) is 2.98. The third-order valence-corrected chi connectivity index (χ3v) is 5.93. The number of carbonyl (C=O) groups excluding carboxylic acids is 2. The van der Waals surface area contributed by atoms with E-state index in [1.54, 1.807) is 0 Å². The summed E-state index contributed by atoms with van der Waals surface area (Å²) in [4.78, 5) is 35.7. The van der Waals surface area contributed by atoms with Gasteiger partial charge in [0.25, 0.3) is 0 Å². The summed E-state index contributed by atoms with van der Waals surface area (Å²) in [6.45, 7) is 3.28. The molecule has 4 N–H and O–H groups in total. The maximum Gasteiger partial charge on any atom is 0.407 e. The molecule has 3 rings (SSSR count). The number of rotatable bonds is 11. The summed E-state index contributed by atoms with van der Waals surface area (Å²) >= 11 is 0. The third kappa shape index (κ3) is 6.57. The summed E-state index contributed by atoms with van der Waals surface area (Å²) in [5.74, 6) is -1.59. The molecule has 0 heterocycles. The molecule has 2 aromatic carbocycles. The van der Waals surface area contributed by atoms with E-state index in [-0.39, 0.29) is 31.4 Å². The van der Waals surface area contributed by atoms with Gasteiger partial charge in [-0.3, -0.25) is 9.59 Å². The predicted octanol–water partition coefficient (Wildman–Crippen LogP) is 3.43. The highest BCUT2D eigenvalue weighted by molar-refractivity contribution is 5.79. The molecule has 0 fully saturated rings. The van der Waals surface area contributed by atoms with Crippen molar-refractivity contribution in [1.29, 1.82) is 0 Å². The van der Waals surface area contributed by atoms with Gasteiger partial charge in [0.15, 0.2) is 0 Å². The monoisotopic (exact) mass is 468 g/mol. The molecule has 0 saturated carbocycles. The van der Waals surface area contributed by atoms with Gasteiger partial charge in [-0.05, 0) is 35.6 Å². The minimum Gasteiger partial charge on any atom is -0.481 e. The lowest BCUT2D eigenvalue weighted by Crippen LogP contribution is -2.45. The maximum atomic E-state index is 12.6. The van der Waals surface area contributed by atoms with E-state index in [4.69, 9.17) is 9.84 Å². The Hall–Kier alpha value is -3.39. The lowest BCUT2D eigenvalue weighted by Gasteiger charge is -2.23. The Morgan fingerprint density at radius 3 is 2.21 bits per heavy atom. The first-order valence-electron chi connectivity index (χ1n) is 11.5. The predicted molar refractivity (Wildman–Crippen MR) is 127 cm³/mol. The number of aliphatic hydroxyl groups is 1. The standard InChI is InChI=1S/C26H32N2O6/c1-3-8-17(13-23(29)27-16-26(2,33)14-24(30)31)28-25(32)34-15-22-20-11-6-4-9-18(20)19-10-5-7-12-21(19)22/h4-7,9-12,17,22,33H,3,8,13-16H2,1-2H3,(H,27,29)(H,28,32)(H,30,31). The normalized spacial score (nSPS) is 14.9. The zero-order chi connectivity index (χ0) is 24.7. The number of ether oxygens (including phenoxy) is 1. The summed E-state index contributed by atoms with van der Waals surface area (Å²) in [7, 11) is 0. The number of amides is 2. The van der Waals surface area contributed by atoms with Crippen molar-refractivity contribution in [3.63, 3.8) is 0 Å². The lowest BCUT2D eigenvalue weighted by molar-refractivity contribution is -0.142. The van der Waals surface area contributed by atoms with Crippen LogP contribution in [0.1, 0.15) is 56.6 Å². The van der Waals surface area contributed by atoms with Crippen LogP contribution in [0.4, 0.5) is 4.79 Å². The molecule has 0 aromatic heterocycles. The molecular weight excluding hydrogens is 436 g/mol. The van der Waals surface area contributed by atoms with Crippen LogP contribution in [0.15, 0.2) is 48.5 Å². The minimum absolute atomic E-state index is 0.00118. The van der Waals surface area contributed by atoms with Gasteiger partial charge >= 0.3 is 12.1 Å². The molecule has 0 radical (unpaired) electrons. The molecule has 182 valence electrons. The van der Waals surface area contributed by atoms with Crippen molar-refractivity contribution in [3.05, 3.63) is 59.7 Å². The summed E-state index contributed by atoms with van der Waals surface area (Å²) in [6, 6.07) is 15.7. The van der Waals surface area contributed by atoms with Crippen LogP contribution < -0.4 is 10.6 Å². The first-order chi connectivity index (χ1) is 16.2. The third-order valence-electron chi connectivity index (χ3n) is 5.93. The molecule has 2 aromatic rings. The van der Waals surface area contributed by atoms with Crippen LogP contribution in [0.2, 0.25) is 0 Å². The summed E-state index contributed by atoms with van der Waals surface area (Å²) < 4.78 is 5.57. The van der Waals surface area contributed by atoms with E-state index < -0.39 is 30.1 Å². The molecule has 34 heavy (non-hydrogen) atoms. The largest absolute Gasteiger partial charge is 0.481 e. The van der Waals surface area contributed by atoms with Crippen LogP contribution in [0, 0.1) is 0 Å². The van der Waals surface area contributed by atoms with Crippen LogP contribution in [0.3, 0.4) is 0 Å². The Labute approximate surface area is 199 Å². The van der Waals surface area contributed by atoms with Crippen molar-refractivity contribution in [2.45, 2.75) is 57.1 Å². The second kappa shape index (κ2) is 11.2. The fourth-order valence-corrected chi connectivity index (χ4v) is 4.35. The average molecular weight is 469 g/mol. The molecule has 2 amide bonds. The van der Waals surface area contributed by atoms with Gasteiger partial charge in [-0.25, -0.2) is 4.79 Å². The summed E-state index contributed by atoms with van der Waals surface area (Å²) in [6.07, 6.45) is 0.248. The number of benzene rings is 2. The van der Waals surface area contributed by atoms with E-state index in [0.717, 1.165) is 28.7 Å². The van der Waals surface area contributed by atoms with Gasteiger partial charge in [0.05, 0.1) is 12.0 Å². The highest BCUT2D eigenvalue weighted by Crippen LogP contribution is 2.44. The molecule has 0 bridgehead atoms. The zero-order valence-corrected chi connectivity index (χ0v) is 19.5. The van der Waals surface area contributed by atoms with Gasteiger partial charge in [0.2, 0.25) is 5.91 Å². The molecule has 1 aliphatic rings. The van der Waals surface area contributed by atoms with Crippen molar-refractivity contribution in [1.82, 2.24) is 10.6 Å². The maximum absolute atomic E-state index is 12.6. The number of carboxylic acids is 1. The number of alkyl carbamates (subject to hydrolysis) is 1. The second-order valence-electron chi connectivity index (χ2n) is 9.00. The lowest BCUT2D eigenvalue weighted by atomic mass is 9.98. The van der Waals surface area contributed by atoms with Crippen molar-refractivity contribution in [2.24, 2.45) is 0 Å². The van der Waals surface area contributed by atoms with Gasteiger partial charge in [-0.2, -0.15) is 0 Å². The molecule has 8 nitrogen and oxygen atoms in total. The topological polar surface area (TPSA) is 125 Å². The molecule has 0 saturated heterocycles. The van der Waals surface area contributed by atoms with Crippen LogP contribution in [0.25, 0.3) is 11.1 Å². The molecule has 2 unspecified atom stereocenters. The Morgan fingerprint density at radius 2 is 1.65 bits per heavy atom. The average Bonchev–Trinajstić information content (AvgIpc) is 3.09. The van der Waals surface area contributed by atoms with Gasteiger partial charge < -0.3 is 25.6 Å². The quantitative estimate of drug-likeness (QED) is 0.400. The second-order valence-corrected chi connectivity index (χ2v) is 9.00. The Kier molecular flexibility index (Phi) is 8.28. The van der Waals surface area contributed by atoms with E-state index in [9.17, 15) is 19.5 Å². The number of hydrogen-bond donors (Lipinski definition) is 4. The minimum atomic E-state index is -1.55. The molecule has 0 spiro atoms. The van der Waals surface area contributed by atoms with Crippen molar-refractivity contribution in [3.8, 4) is 11.1 Å². The van der Waals surface area contributed by atoms with Crippen LogP contribution in [0.5, 0.6) is 0 Å².